The molecule has 5 nitrogen and oxygen atoms in total. The standard InChI is InChI=1S/C26H22N4OS/c1-16-9-11-21(12-10-16)29-17(2)13-20(18(29)3)14-22-24(27)30-23(19-7-5-4-6-8-19)15-32-26(30)28-25(22)31/h4-15,27H,1-3H3/b22-14-,27-24?. The molecule has 2 aromatic carbocycles. The maximum atomic E-state index is 12.8. The number of benzene rings is 2. The van der Waals surface area contributed by atoms with E-state index < -0.39 is 0 Å². The minimum absolute atomic E-state index is 0.153. The van der Waals surface area contributed by atoms with Crippen LogP contribution in [0.2, 0.25) is 0 Å². The molecule has 3 heterocycles. The van der Waals surface area contributed by atoms with Gasteiger partial charge in [-0.15, -0.1) is 0 Å². The molecule has 1 aromatic heterocycles. The van der Waals surface area contributed by atoms with Crippen LogP contribution in [-0.4, -0.2) is 26.4 Å². The minimum atomic E-state index is -0.378. The topological polar surface area (TPSA) is 61.5 Å². The van der Waals surface area contributed by atoms with Crippen molar-refractivity contribution in [1.82, 2.24) is 9.47 Å². The van der Waals surface area contributed by atoms with E-state index in [9.17, 15) is 4.79 Å². The van der Waals surface area contributed by atoms with Crippen molar-refractivity contribution in [2.24, 2.45) is 4.99 Å². The van der Waals surface area contributed by atoms with Gasteiger partial charge in [0.1, 0.15) is 5.84 Å². The number of aromatic nitrogens is 1. The normalized spacial score (nSPS) is 17.0. The number of nitrogens with one attached hydrogen (secondary N) is 1. The second kappa shape index (κ2) is 7.80. The summed E-state index contributed by atoms with van der Waals surface area (Å²) < 4.78 is 2.17. The molecular weight excluding hydrogens is 416 g/mol. The van der Waals surface area contributed by atoms with E-state index in [1.807, 2.05) is 49.6 Å². The Morgan fingerprint density at radius 3 is 2.44 bits per heavy atom. The van der Waals surface area contributed by atoms with Crippen LogP contribution in [-0.2, 0) is 4.79 Å². The molecule has 0 saturated heterocycles. The summed E-state index contributed by atoms with van der Waals surface area (Å²) in [5.41, 5.74) is 7.42. The first-order valence-corrected chi connectivity index (χ1v) is 11.2. The van der Waals surface area contributed by atoms with Crippen molar-refractivity contribution in [3.8, 4) is 5.69 Å². The quantitative estimate of drug-likeness (QED) is 0.533. The Balaban J connectivity index is 1.55. The van der Waals surface area contributed by atoms with Crippen molar-refractivity contribution in [2.75, 3.05) is 0 Å². The highest BCUT2D eigenvalue weighted by atomic mass is 32.2. The number of carbonyl (C=O) groups is 1. The molecule has 0 saturated carbocycles. The number of amides is 1. The minimum Gasteiger partial charge on any atom is -0.318 e. The smallest absolute Gasteiger partial charge is 0.283 e. The molecule has 3 aromatic rings. The van der Waals surface area contributed by atoms with Gasteiger partial charge >= 0.3 is 0 Å². The lowest BCUT2D eigenvalue weighted by Crippen LogP contribution is -2.38. The van der Waals surface area contributed by atoms with Gasteiger partial charge in [-0.1, -0.05) is 59.8 Å². The van der Waals surface area contributed by atoms with Gasteiger partial charge in [0.15, 0.2) is 5.17 Å². The molecule has 1 amide bonds. The van der Waals surface area contributed by atoms with E-state index in [2.05, 4.69) is 46.8 Å². The van der Waals surface area contributed by atoms with E-state index in [1.54, 1.807) is 11.0 Å². The van der Waals surface area contributed by atoms with Gasteiger partial charge in [0, 0.05) is 22.5 Å². The second-order valence-corrected chi connectivity index (χ2v) is 8.76. The molecule has 2 aliphatic rings. The molecule has 0 atom stereocenters. The summed E-state index contributed by atoms with van der Waals surface area (Å²) in [4.78, 5) is 18.9. The first kappa shape index (κ1) is 20.3. The van der Waals surface area contributed by atoms with E-state index in [0.29, 0.717) is 10.7 Å². The highest BCUT2D eigenvalue weighted by molar-refractivity contribution is 8.17. The number of aryl methyl sites for hydroxylation is 2. The van der Waals surface area contributed by atoms with Gasteiger partial charge in [0.05, 0.1) is 11.3 Å². The van der Waals surface area contributed by atoms with Gasteiger partial charge in [-0.25, -0.2) is 0 Å². The summed E-state index contributed by atoms with van der Waals surface area (Å²) in [5, 5.41) is 11.3. The molecule has 0 spiro atoms. The zero-order valence-corrected chi connectivity index (χ0v) is 18.9. The lowest BCUT2D eigenvalue weighted by molar-refractivity contribution is -0.114. The average molecular weight is 439 g/mol. The third-order valence-corrected chi connectivity index (χ3v) is 6.57. The number of fused-ring (bicyclic) bond motifs is 1. The Hall–Kier alpha value is -3.64. The molecule has 0 unspecified atom stereocenters. The van der Waals surface area contributed by atoms with Crippen LogP contribution in [0.1, 0.15) is 28.1 Å². The van der Waals surface area contributed by atoms with Crippen LogP contribution in [0.25, 0.3) is 17.5 Å². The van der Waals surface area contributed by atoms with E-state index in [4.69, 9.17) is 5.41 Å². The summed E-state index contributed by atoms with van der Waals surface area (Å²) in [6, 6.07) is 20.3. The number of nitrogens with zero attached hydrogens (tertiary/aromatic N) is 3. The SMILES string of the molecule is Cc1ccc(-n2c(C)cc(/C=C3/C(=N)N4C(c5ccccc5)=CSC4=NC3=O)c2C)cc1. The Bertz CT molecular complexity index is 1340. The second-order valence-electron chi connectivity index (χ2n) is 7.93. The van der Waals surface area contributed by atoms with Crippen molar-refractivity contribution in [3.63, 3.8) is 0 Å². The van der Waals surface area contributed by atoms with Crippen LogP contribution in [0.5, 0.6) is 0 Å². The maximum Gasteiger partial charge on any atom is 0.283 e. The summed E-state index contributed by atoms with van der Waals surface area (Å²) in [5.74, 6) is -0.225. The summed E-state index contributed by atoms with van der Waals surface area (Å²) in [6.45, 7) is 6.15. The van der Waals surface area contributed by atoms with Gasteiger partial charge in [0.2, 0.25) is 0 Å². The summed E-state index contributed by atoms with van der Waals surface area (Å²) in [7, 11) is 0. The third-order valence-electron chi connectivity index (χ3n) is 5.75. The molecule has 0 aliphatic carbocycles. The van der Waals surface area contributed by atoms with E-state index >= 15 is 0 Å². The van der Waals surface area contributed by atoms with Crippen molar-refractivity contribution in [1.29, 1.82) is 5.41 Å². The zero-order chi connectivity index (χ0) is 22.4. The predicted octanol–water partition coefficient (Wildman–Crippen LogP) is 5.71. The largest absolute Gasteiger partial charge is 0.318 e. The molecule has 6 heteroatoms. The number of rotatable bonds is 3. The maximum absolute atomic E-state index is 12.8. The van der Waals surface area contributed by atoms with Gasteiger partial charge in [-0.3, -0.25) is 15.1 Å². The van der Waals surface area contributed by atoms with Crippen molar-refractivity contribution >= 4 is 40.4 Å². The van der Waals surface area contributed by atoms with Crippen LogP contribution in [0.4, 0.5) is 0 Å². The molecule has 32 heavy (non-hydrogen) atoms. The number of hydrogen-bond acceptors (Lipinski definition) is 3. The predicted molar refractivity (Wildman–Crippen MR) is 132 cm³/mol. The Labute approximate surface area is 191 Å². The van der Waals surface area contributed by atoms with Crippen LogP contribution >= 0.6 is 11.8 Å². The highest BCUT2D eigenvalue weighted by Gasteiger charge is 2.36. The molecule has 1 N–H and O–H groups in total. The third kappa shape index (κ3) is 3.33. The Morgan fingerprint density at radius 1 is 1.00 bits per heavy atom. The lowest BCUT2D eigenvalue weighted by atomic mass is 10.1. The summed E-state index contributed by atoms with van der Waals surface area (Å²) in [6.07, 6.45) is 1.80. The Morgan fingerprint density at radius 2 is 1.72 bits per heavy atom. The van der Waals surface area contributed by atoms with Gasteiger partial charge in [-0.05, 0) is 56.2 Å². The first-order valence-electron chi connectivity index (χ1n) is 10.4. The number of hydrogen-bond donors (Lipinski definition) is 1. The fourth-order valence-corrected chi connectivity index (χ4v) is 4.98. The first-order chi connectivity index (χ1) is 15.4. The molecule has 5 rings (SSSR count). The lowest BCUT2D eigenvalue weighted by Gasteiger charge is -2.26. The van der Waals surface area contributed by atoms with E-state index in [1.165, 1.54) is 17.3 Å². The molecule has 0 fully saturated rings. The zero-order valence-electron chi connectivity index (χ0n) is 18.1. The number of amidine groups is 2. The molecule has 0 bridgehead atoms. The fourth-order valence-electron chi connectivity index (χ4n) is 4.09. The van der Waals surface area contributed by atoms with Gasteiger partial charge < -0.3 is 4.57 Å². The molecule has 158 valence electrons. The van der Waals surface area contributed by atoms with Crippen molar-refractivity contribution in [3.05, 3.63) is 99.7 Å². The van der Waals surface area contributed by atoms with Crippen molar-refractivity contribution in [2.45, 2.75) is 20.8 Å². The van der Waals surface area contributed by atoms with Gasteiger partial charge in [0.25, 0.3) is 5.91 Å². The number of aliphatic imine (C=N–C) groups is 1. The van der Waals surface area contributed by atoms with Crippen LogP contribution in [0.15, 0.2) is 76.6 Å². The average Bonchev–Trinajstić information content (AvgIpc) is 3.33. The molecule has 2 aliphatic heterocycles. The van der Waals surface area contributed by atoms with E-state index in [-0.39, 0.29) is 11.7 Å². The van der Waals surface area contributed by atoms with Crippen LogP contribution in [0.3, 0.4) is 0 Å². The van der Waals surface area contributed by atoms with Gasteiger partial charge in [-0.2, -0.15) is 4.99 Å². The summed E-state index contributed by atoms with van der Waals surface area (Å²) >= 11 is 1.37. The van der Waals surface area contributed by atoms with Crippen molar-refractivity contribution < 1.29 is 4.79 Å². The molecular formula is C26H22N4OS. The highest BCUT2D eigenvalue weighted by Crippen LogP contribution is 2.37. The fraction of sp³-hybridized carbons (Fsp3) is 0.115. The van der Waals surface area contributed by atoms with Crippen LogP contribution in [0, 0.1) is 26.2 Å². The molecule has 0 radical (unpaired) electrons. The van der Waals surface area contributed by atoms with Crippen LogP contribution < -0.4 is 0 Å². The van der Waals surface area contributed by atoms with E-state index in [0.717, 1.165) is 33.9 Å². The monoisotopic (exact) mass is 438 g/mol. The number of carbonyl (C=O) groups excluding carboxylic acids is 1. The number of thioether (sulfide) groups is 1. The Kier molecular flexibility index (Phi) is 4.94.